The van der Waals surface area contributed by atoms with Gasteiger partial charge in [-0.1, -0.05) is 26.8 Å². The van der Waals surface area contributed by atoms with Gasteiger partial charge in [-0.05, 0) is 11.5 Å². The standard InChI is InChI=1S/C9H16O2/c1-9(2,3)8(11-4)6-5-7-10/h5-8H,1-4H3/b6-5+. The summed E-state index contributed by atoms with van der Waals surface area (Å²) in [7, 11) is 1.64. The zero-order chi connectivity index (χ0) is 8.91. The number of aldehydes is 1. The Bertz CT molecular complexity index is 142. The number of carbonyl (C=O) groups is 1. The summed E-state index contributed by atoms with van der Waals surface area (Å²) in [6, 6.07) is 0. The van der Waals surface area contributed by atoms with Gasteiger partial charge < -0.3 is 4.74 Å². The molecule has 0 rings (SSSR count). The highest BCUT2D eigenvalue weighted by Crippen LogP contribution is 2.22. The maximum absolute atomic E-state index is 10.0. The fourth-order valence-corrected chi connectivity index (χ4v) is 0.867. The zero-order valence-electron chi connectivity index (χ0n) is 7.63. The van der Waals surface area contributed by atoms with Crippen LogP contribution in [0.5, 0.6) is 0 Å². The molecule has 0 aliphatic rings. The minimum Gasteiger partial charge on any atom is -0.377 e. The second-order valence-corrected chi connectivity index (χ2v) is 3.54. The van der Waals surface area contributed by atoms with Crippen molar-refractivity contribution < 1.29 is 9.53 Å². The summed E-state index contributed by atoms with van der Waals surface area (Å²) >= 11 is 0. The molecular weight excluding hydrogens is 140 g/mol. The molecule has 0 saturated heterocycles. The van der Waals surface area contributed by atoms with Crippen molar-refractivity contribution in [2.45, 2.75) is 26.9 Å². The van der Waals surface area contributed by atoms with Crippen LogP contribution in [-0.4, -0.2) is 19.5 Å². The predicted molar refractivity (Wildman–Crippen MR) is 45.5 cm³/mol. The molecule has 0 amide bonds. The molecule has 0 radical (unpaired) electrons. The van der Waals surface area contributed by atoms with Crippen molar-refractivity contribution in [2.75, 3.05) is 7.11 Å². The maximum Gasteiger partial charge on any atom is 0.142 e. The van der Waals surface area contributed by atoms with Gasteiger partial charge in [0.25, 0.3) is 0 Å². The molecule has 0 aliphatic heterocycles. The fourth-order valence-electron chi connectivity index (χ4n) is 0.867. The number of rotatable bonds is 3. The van der Waals surface area contributed by atoms with Crippen molar-refractivity contribution in [1.82, 2.24) is 0 Å². The lowest BCUT2D eigenvalue weighted by atomic mass is 9.89. The van der Waals surface area contributed by atoms with E-state index in [0.717, 1.165) is 6.29 Å². The highest BCUT2D eigenvalue weighted by atomic mass is 16.5. The van der Waals surface area contributed by atoms with Gasteiger partial charge in [-0.25, -0.2) is 0 Å². The molecule has 0 aromatic heterocycles. The van der Waals surface area contributed by atoms with E-state index in [-0.39, 0.29) is 11.5 Å². The average molecular weight is 156 g/mol. The molecule has 0 heterocycles. The second-order valence-electron chi connectivity index (χ2n) is 3.54. The summed E-state index contributed by atoms with van der Waals surface area (Å²) in [5, 5.41) is 0. The van der Waals surface area contributed by atoms with E-state index in [4.69, 9.17) is 4.74 Å². The lowest BCUT2D eigenvalue weighted by molar-refractivity contribution is -0.104. The van der Waals surface area contributed by atoms with Crippen molar-refractivity contribution in [3.05, 3.63) is 12.2 Å². The molecule has 0 aromatic rings. The van der Waals surface area contributed by atoms with E-state index in [9.17, 15) is 4.79 Å². The van der Waals surface area contributed by atoms with E-state index in [1.807, 2.05) is 0 Å². The topological polar surface area (TPSA) is 26.3 Å². The van der Waals surface area contributed by atoms with E-state index in [2.05, 4.69) is 20.8 Å². The molecule has 0 saturated carbocycles. The number of allylic oxidation sites excluding steroid dienone is 1. The summed E-state index contributed by atoms with van der Waals surface area (Å²) in [5.41, 5.74) is 0.0499. The maximum atomic E-state index is 10.0. The molecule has 1 unspecified atom stereocenters. The van der Waals surface area contributed by atoms with Crippen molar-refractivity contribution in [3.8, 4) is 0 Å². The van der Waals surface area contributed by atoms with Crippen molar-refractivity contribution in [3.63, 3.8) is 0 Å². The molecule has 2 heteroatoms. The summed E-state index contributed by atoms with van der Waals surface area (Å²) in [4.78, 5) is 10.0. The smallest absolute Gasteiger partial charge is 0.142 e. The number of ether oxygens (including phenoxy) is 1. The van der Waals surface area contributed by atoms with Crippen LogP contribution in [0.2, 0.25) is 0 Å². The van der Waals surface area contributed by atoms with Crippen LogP contribution < -0.4 is 0 Å². The van der Waals surface area contributed by atoms with Crippen LogP contribution >= 0.6 is 0 Å². The highest BCUT2D eigenvalue weighted by molar-refractivity contribution is 5.64. The van der Waals surface area contributed by atoms with Gasteiger partial charge >= 0.3 is 0 Å². The summed E-state index contributed by atoms with van der Waals surface area (Å²) in [6.45, 7) is 6.20. The number of hydrogen-bond acceptors (Lipinski definition) is 2. The van der Waals surface area contributed by atoms with Crippen molar-refractivity contribution >= 4 is 6.29 Å². The zero-order valence-corrected chi connectivity index (χ0v) is 7.63. The fraction of sp³-hybridized carbons (Fsp3) is 0.667. The van der Waals surface area contributed by atoms with E-state index < -0.39 is 0 Å². The Labute approximate surface area is 68.2 Å². The lowest BCUT2D eigenvalue weighted by Crippen LogP contribution is -2.25. The Balaban J connectivity index is 4.17. The molecular formula is C9H16O2. The van der Waals surface area contributed by atoms with Gasteiger partial charge in [-0.15, -0.1) is 0 Å². The van der Waals surface area contributed by atoms with Gasteiger partial charge in [-0.3, -0.25) is 4.79 Å². The van der Waals surface area contributed by atoms with Crippen LogP contribution in [0.4, 0.5) is 0 Å². The van der Waals surface area contributed by atoms with E-state index in [1.54, 1.807) is 13.2 Å². The Hall–Kier alpha value is -0.630. The predicted octanol–water partition coefficient (Wildman–Crippen LogP) is 1.80. The summed E-state index contributed by atoms with van der Waals surface area (Å²) in [5.74, 6) is 0. The van der Waals surface area contributed by atoms with Crippen LogP contribution in [0.3, 0.4) is 0 Å². The molecule has 2 nitrogen and oxygen atoms in total. The molecule has 0 bridgehead atoms. The third-order valence-electron chi connectivity index (χ3n) is 1.47. The normalized spacial score (nSPS) is 15.3. The quantitative estimate of drug-likeness (QED) is 0.460. The monoisotopic (exact) mass is 156 g/mol. The first-order chi connectivity index (χ1) is 5.02. The van der Waals surface area contributed by atoms with E-state index in [1.165, 1.54) is 6.08 Å². The molecule has 1 atom stereocenters. The molecule has 11 heavy (non-hydrogen) atoms. The first kappa shape index (κ1) is 10.4. The van der Waals surface area contributed by atoms with Crippen LogP contribution in [0.1, 0.15) is 20.8 Å². The Morgan fingerprint density at radius 1 is 1.36 bits per heavy atom. The molecule has 0 aliphatic carbocycles. The minimum atomic E-state index is 0.00713. The molecule has 64 valence electrons. The first-order valence-corrected chi connectivity index (χ1v) is 3.67. The second kappa shape index (κ2) is 4.29. The Morgan fingerprint density at radius 2 is 1.91 bits per heavy atom. The van der Waals surface area contributed by atoms with Gasteiger partial charge in [0.05, 0.1) is 6.10 Å². The Kier molecular flexibility index (Phi) is 4.04. The number of carbonyl (C=O) groups excluding carboxylic acids is 1. The van der Waals surface area contributed by atoms with Crippen LogP contribution in [0, 0.1) is 5.41 Å². The number of methoxy groups -OCH3 is 1. The third kappa shape index (κ3) is 3.94. The first-order valence-electron chi connectivity index (χ1n) is 3.67. The minimum absolute atomic E-state index is 0.00713. The molecule has 0 spiro atoms. The van der Waals surface area contributed by atoms with Crippen molar-refractivity contribution in [2.24, 2.45) is 5.41 Å². The van der Waals surface area contributed by atoms with Crippen molar-refractivity contribution in [1.29, 1.82) is 0 Å². The molecule has 0 N–H and O–H groups in total. The van der Waals surface area contributed by atoms with Gasteiger partial charge in [0, 0.05) is 7.11 Å². The van der Waals surface area contributed by atoms with E-state index in [0.29, 0.717) is 0 Å². The largest absolute Gasteiger partial charge is 0.377 e. The lowest BCUT2D eigenvalue weighted by Gasteiger charge is -2.26. The SMILES string of the molecule is COC(/C=C/C=O)C(C)(C)C. The highest BCUT2D eigenvalue weighted by Gasteiger charge is 2.20. The van der Waals surface area contributed by atoms with Crippen LogP contribution in [-0.2, 0) is 9.53 Å². The number of hydrogen-bond donors (Lipinski definition) is 0. The summed E-state index contributed by atoms with van der Waals surface area (Å²) in [6.07, 6.45) is 4.01. The van der Waals surface area contributed by atoms with Gasteiger partial charge in [0.2, 0.25) is 0 Å². The molecule has 0 fully saturated rings. The van der Waals surface area contributed by atoms with Gasteiger partial charge in [0.15, 0.2) is 0 Å². The molecule has 0 aromatic carbocycles. The van der Waals surface area contributed by atoms with Gasteiger partial charge in [-0.2, -0.15) is 0 Å². The third-order valence-corrected chi connectivity index (χ3v) is 1.47. The van der Waals surface area contributed by atoms with Gasteiger partial charge in [0.1, 0.15) is 6.29 Å². The average Bonchev–Trinajstić information content (AvgIpc) is 1.87. The van der Waals surface area contributed by atoms with Crippen LogP contribution in [0.25, 0.3) is 0 Å². The van der Waals surface area contributed by atoms with Crippen LogP contribution in [0.15, 0.2) is 12.2 Å². The summed E-state index contributed by atoms with van der Waals surface area (Å²) < 4.78 is 5.17. The Morgan fingerprint density at radius 3 is 2.18 bits per heavy atom. The van der Waals surface area contributed by atoms with E-state index >= 15 is 0 Å².